The van der Waals surface area contributed by atoms with Gasteiger partial charge in [0, 0.05) is 35.4 Å². The van der Waals surface area contributed by atoms with Crippen LogP contribution in [-0.2, 0) is 22.8 Å². The number of nitrogens with one attached hydrogen (secondary N) is 2. The summed E-state index contributed by atoms with van der Waals surface area (Å²) in [6, 6.07) is 23.3. The molecule has 2 unspecified atom stereocenters. The SMILES string of the molecule is CC1(C)CC(=O)C2=C(C1)Nc1ncnn1C2c1ccc(OCc2ccc(COc3ccc(C4C5=C(CC(C)(C)CC5=O)Nc5ncnn54)cc3)cc2)cc1. The van der Waals surface area contributed by atoms with Gasteiger partial charge in [-0.3, -0.25) is 9.59 Å². The molecule has 0 saturated heterocycles. The first kappa shape index (κ1) is 33.8. The van der Waals surface area contributed by atoms with Crippen molar-refractivity contribution >= 4 is 23.5 Å². The minimum absolute atomic E-state index is 0.108. The number of Topliss-reactive ketones (excluding diaryl/α,β-unsaturated/α-hetero) is 2. The Morgan fingerprint density at radius 3 is 1.37 bits per heavy atom. The highest BCUT2D eigenvalue weighted by Gasteiger charge is 2.43. The maximum absolute atomic E-state index is 13.4. The average molecular weight is 723 g/mol. The largest absolute Gasteiger partial charge is 0.489 e. The lowest BCUT2D eigenvalue weighted by atomic mass is 9.73. The van der Waals surface area contributed by atoms with Crippen LogP contribution in [0.3, 0.4) is 0 Å². The number of anilines is 2. The number of rotatable bonds is 8. The summed E-state index contributed by atoms with van der Waals surface area (Å²) in [4.78, 5) is 35.5. The number of aromatic nitrogens is 6. The maximum atomic E-state index is 13.4. The van der Waals surface area contributed by atoms with E-state index in [0.717, 1.165) is 69.1 Å². The van der Waals surface area contributed by atoms with Crippen LogP contribution in [0.15, 0.2) is 108 Å². The van der Waals surface area contributed by atoms with Crippen LogP contribution < -0.4 is 20.1 Å². The molecule has 12 heteroatoms. The lowest BCUT2D eigenvalue weighted by Crippen LogP contribution is -2.36. The molecule has 0 bridgehead atoms. The van der Waals surface area contributed by atoms with E-state index in [1.165, 1.54) is 12.7 Å². The third-order valence-electron chi connectivity index (χ3n) is 10.8. The average Bonchev–Trinajstić information content (AvgIpc) is 3.81. The van der Waals surface area contributed by atoms with Crippen LogP contribution in [-0.4, -0.2) is 41.1 Å². The van der Waals surface area contributed by atoms with Crippen molar-refractivity contribution in [3.63, 3.8) is 0 Å². The van der Waals surface area contributed by atoms with Gasteiger partial charge in [0.15, 0.2) is 11.6 Å². The minimum Gasteiger partial charge on any atom is -0.489 e. The minimum atomic E-state index is -0.331. The van der Waals surface area contributed by atoms with E-state index in [0.29, 0.717) is 38.0 Å². The molecule has 0 fully saturated rings. The molecule has 0 radical (unpaired) electrons. The van der Waals surface area contributed by atoms with Gasteiger partial charge in [0.05, 0.1) is 0 Å². The number of hydrogen-bond acceptors (Lipinski definition) is 10. The van der Waals surface area contributed by atoms with Gasteiger partial charge in [0.1, 0.15) is 49.5 Å². The van der Waals surface area contributed by atoms with E-state index >= 15 is 0 Å². The number of carbonyl (C=O) groups is 2. The van der Waals surface area contributed by atoms with E-state index < -0.39 is 0 Å². The first-order valence-electron chi connectivity index (χ1n) is 18.4. The van der Waals surface area contributed by atoms with Gasteiger partial charge in [-0.25, -0.2) is 9.36 Å². The molecule has 3 aromatic carbocycles. The van der Waals surface area contributed by atoms with Crippen molar-refractivity contribution in [1.82, 2.24) is 29.5 Å². The van der Waals surface area contributed by atoms with Crippen LogP contribution in [0.5, 0.6) is 11.5 Å². The van der Waals surface area contributed by atoms with E-state index in [9.17, 15) is 9.59 Å². The monoisotopic (exact) mass is 722 g/mol. The predicted octanol–water partition coefficient (Wildman–Crippen LogP) is 7.34. The Bertz CT molecular complexity index is 2170. The maximum Gasteiger partial charge on any atom is 0.226 e. The number of allylic oxidation sites excluding steroid dienone is 4. The molecular formula is C42H42N8O4. The van der Waals surface area contributed by atoms with Crippen molar-refractivity contribution in [1.29, 1.82) is 0 Å². The van der Waals surface area contributed by atoms with E-state index in [1.54, 1.807) is 9.36 Å². The zero-order valence-electron chi connectivity index (χ0n) is 30.8. The summed E-state index contributed by atoms with van der Waals surface area (Å²) in [5.74, 6) is 3.06. The van der Waals surface area contributed by atoms with Crippen molar-refractivity contribution in [3.8, 4) is 11.5 Å². The molecule has 54 heavy (non-hydrogen) atoms. The fourth-order valence-electron chi connectivity index (χ4n) is 8.27. The molecule has 5 aromatic rings. The molecule has 4 aliphatic rings. The number of carbonyl (C=O) groups excluding carboxylic acids is 2. The number of ketones is 2. The summed E-state index contributed by atoms with van der Waals surface area (Å²) in [5.41, 5.74) is 7.18. The van der Waals surface area contributed by atoms with Crippen molar-refractivity contribution in [2.75, 3.05) is 10.6 Å². The quantitative estimate of drug-likeness (QED) is 0.167. The molecule has 2 aromatic heterocycles. The van der Waals surface area contributed by atoms with Gasteiger partial charge >= 0.3 is 0 Å². The van der Waals surface area contributed by atoms with E-state index in [4.69, 9.17) is 9.47 Å². The van der Waals surface area contributed by atoms with Crippen LogP contribution in [0.4, 0.5) is 11.9 Å². The van der Waals surface area contributed by atoms with Gasteiger partial charge in [0.2, 0.25) is 11.9 Å². The number of ether oxygens (including phenoxy) is 2. The van der Waals surface area contributed by atoms with Gasteiger partial charge in [0.25, 0.3) is 0 Å². The second-order valence-corrected chi connectivity index (χ2v) is 16.3. The summed E-state index contributed by atoms with van der Waals surface area (Å²) < 4.78 is 15.9. The van der Waals surface area contributed by atoms with E-state index in [1.807, 2.05) is 72.8 Å². The van der Waals surface area contributed by atoms with Crippen molar-refractivity contribution in [2.45, 2.75) is 78.7 Å². The highest BCUT2D eigenvalue weighted by atomic mass is 16.5. The number of benzene rings is 3. The third kappa shape index (κ3) is 6.25. The Hall–Kier alpha value is -6.04. The summed E-state index contributed by atoms with van der Waals surface area (Å²) in [6.07, 6.45) is 5.61. The molecule has 12 nitrogen and oxygen atoms in total. The number of hydrogen-bond donors (Lipinski definition) is 2. The summed E-state index contributed by atoms with van der Waals surface area (Å²) in [6.45, 7) is 9.31. The molecule has 4 heterocycles. The second-order valence-electron chi connectivity index (χ2n) is 16.3. The van der Waals surface area contributed by atoms with Gasteiger partial charge in [-0.2, -0.15) is 20.2 Å². The Morgan fingerprint density at radius 1 is 0.593 bits per heavy atom. The molecule has 0 amide bonds. The van der Waals surface area contributed by atoms with Crippen molar-refractivity contribution in [2.24, 2.45) is 10.8 Å². The molecule has 274 valence electrons. The Balaban J connectivity index is 0.825. The van der Waals surface area contributed by atoms with Crippen molar-refractivity contribution in [3.05, 3.63) is 130 Å². The molecule has 2 aliphatic heterocycles. The standard InChI is InChI=1S/C42H42N8O4/c1-41(2)17-31-35(33(51)19-41)37(49-39(47-31)43-23-45-49)27-9-13-29(14-10-27)53-21-25-5-7-26(8-6-25)22-54-30-15-11-28(12-16-30)38-36-32(18-42(3,4)20-34(36)52)48-40-44-24-46-50(38)40/h5-16,23-24,37-38H,17-22H2,1-4H3,(H,43,45,47)(H,44,46,48). The first-order chi connectivity index (χ1) is 26.0. The van der Waals surface area contributed by atoms with Gasteiger partial charge < -0.3 is 20.1 Å². The lowest BCUT2D eigenvalue weighted by Gasteiger charge is -2.38. The van der Waals surface area contributed by atoms with Crippen LogP contribution in [0.2, 0.25) is 0 Å². The smallest absolute Gasteiger partial charge is 0.226 e. The fraction of sp³-hybridized carbons (Fsp3) is 0.333. The molecular weight excluding hydrogens is 681 g/mol. The molecule has 0 spiro atoms. The lowest BCUT2D eigenvalue weighted by molar-refractivity contribution is -0.119. The van der Waals surface area contributed by atoms with Crippen LogP contribution >= 0.6 is 0 Å². The molecule has 0 saturated carbocycles. The highest BCUT2D eigenvalue weighted by molar-refractivity contribution is 6.00. The van der Waals surface area contributed by atoms with Crippen LogP contribution in [0.25, 0.3) is 0 Å². The molecule has 2 N–H and O–H groups in total. The topological polar surface area (TPSA) is 138 Å². The summed E-state index contributed by atoms with van der Waals surface area (Å²) in [7, 11) is 0. The molecule has 9 rings (SSSR count). The zero-order chi connectivity index (χ0) is 37.2. The second kappa shape index (κ2) is 12.8. The summed E-state index contributed by atoms with van der Waals surface area (Å²) in [5, 5.41) is 15.6. The zero-order valence-corrected chi connectivity index (χ0v) is 30.8. The van der Waals surface area contributed by atoms with Gasteiger partial charge in [-0.15, -0.1) is 0 Å². The highest BCUT2D eigenvalue weighted by Crippen LogP contribution is 2.47. The molecule has 2 aliphatic carbocycles. The first-order valence-corrected chi connectivity index (χ1v) is 18.4. The Kier molecular flexibility index (Phi) is 8.02. The molecule has 2 atom stereocenters. The predicted molar refractivity (Wildman–Crippen MR) is 202 cm³/mol. The Morgan fingerprint density at radius 2 is 0.981 bits per heavy atom. The third-order valence-corrected chi connectivity index (χ3v) is 10.8. The van der Waals surface area contributed by atoms with E-state index in [2.05, 4.69) is 58.5 Å². The number of fused-ring (bicyclic) bond motifs is 2. The summed E-state index contributed by atoms with van der Waals surface area (Å²) >= 11 is 0. The van der Waals surface area contributed by atoms with Gasteiger partial charge in [-0.05, 0) is 70.2 Å². The van der Waals surface area contributed by atoms with Crippen LogP contribution in [0, 0.1) is 10.8 Å². The Labute approximate surface area is 313 Å². The fourth-order valence-corrected chi connectivity index (χ4v) is 8.27. The normalized spacial score (nSPS) is 21.0. The number of nitrogens with zero attached hydrogens (tertiary/aromatic N) is 6. The van der Waals surface area contributed by atoms with E-state index in [-0.39, 0.29) is 34.5 Å². The van der Waals surface area contributed by atoms with Crippen LogP contribution in [0.1, 0.15) is 87.7 Å². The van der Waals surface area contributed by atoms with Gasteiger partial charge in [-0.1, -0.05) is 76.2 Å². The van der Waals surface area contributed by atoms with Crippen molar-refractivity contribution < 1.29 is 19.1 Å².